The van der Waals surface area contributed by atoms with E-state index in [0.29, 0.717) is 0 Å². The molecule has 0 bridgehead atoms. The molecule has 0 aliphatic rings. The average molecular weight is 234 g/mol. The van der Waals surface area contributed by atoms with E-state index in [2.05, 4.69) is 0 Å². The van der Waals surface area contributed by atoms with Gasteiger partial charge >= 0.3 is 6.09 Å². The van der Waals surface area contributed by atoms with Gasteiger partial charge in [0.25, 0.3) is 0 Å². The predicted molar refractivity (Wildman–Crippen MR) is 60.0 cm³/mol. The smallest absolute Gasteiger partial charge is 0.410 e. The molecule has 96 valence electrons. The van der Waals surface area contributed by atoms with Gasteiger partial charge in [0.2, 0.25) is 0 Å². The van der Waals surface area contributed by atoms with Crippen LogP contribution in [0.4, 0.5) is 4.79 Å². The Balaban J connectivity index is 4.36. The van der Waals surface area contributed by atoms with Gasteiger partial charge in [-0.2, -0.15) is 0 Å². The Morgan fingerprint density at radius 3 is 2.06 bits per heavy atom. The van der Waals surface area contributed by atoms with E-state index in [1.54, 1.807) is 20.8 Å². The third-order valence-electron chi connectivity index (χ3n) is 1.89. The molecule has 0 aliphatic heterocycles. The number of hydrogen-bond acceptors (Lipinski definition) is 5. The fraction of sp³-hybridized carbons (Fsp3) is 0.900. The van der Waals surface area contributed by atoms with Gasteiger partial charge in [-0.25, -0.2) is 4.79 Å². The van der Waals surface area contributed by atoms with Gasteiger partial charge in [0.05, 0.1) is 18.8 Å². The molecule has 0 aromatic rings. The summed E-state index contributed by atoms with van der Waals surface area (Å²) in [5.74, 6) is 0. The predicted octanol–water partition coefficient (Wildman–Crippen LogP) is -0.465. The molecule has 0 unspecified atom stereocenters. The van der Waals surface area contributed by atoms with Crippen LogP contribution in [0.3, 0.4) is 0 Å². The van der Waals surface area contributed by atoms with E-state index in [-0.39, 0.29) is 6.54 Å². The average Bonchev–Trinajstić information content (AvgIpc) is 2.15. The maximum atomic E-state index is 11.6. The summed E-state index contributed by atoms with van der Waals surface area (Å²) in [4.78, 5) is 12.8. The first kappa shape index (κ1) is 15.2. The van der Waals surface area contributed by atoms with Crippen LogP contribution in [0.2, 0.25) is 0 Å². The second kappa shape index (κ2) is 5.47. The second-order valence-electron chi connectivity index (χ2n) is 5.02. The summed E-state index contributed by atoms with van der Waals surface area (Å²) in [6, 6.07) is 0. The normalized spacial score (nSPS) is 12.4. The van der Waals surface area contributed by atoms with Crippen LogP contribution in [0.1, 0.15) is 20.8 Å². The monoisotopic (exact) mass is 234 g/mol. The van der Waals surface area contributed by atoms with Gasteiger partial charge in [0.1, 0.15) is 5.60 Å². The van der Waals surface area contributed by atoms with Crippen molar-refractivity contribution < 1.29 is 19.7 Å². The second-order valence-corrected chi connectivity index (χ2v) is 5.02. The molecule has 0 heterocycles. The molecule has 6 nitrogen and oxygen atoms in total. The van der Waals surface area contributed by atoms with Crippen LogP contribution in [0.15, 0.2) is 0 Å². The largest absolute Gasteiger partial charge is 0.444 e. The number of hydrogen-bond donors (Lipinski definition) is 3. The van der Waals surface area contributed by atoms with Crippen molar-refractivity contribution in [3.8, 4) is 0 Å². The fourth-order valence-corrected chi connectivity index (χ4v) is 1.03. The first-order chi connectivity index (χ1) is 7.13. The topological polar surface area (TPSA) is 96.0 Å². The van der Waals surface area contributed by atoms with E-state index in [4.69, 9.17) is 20.7 Å². The molecule has 0 saturated heterocycles. The number of nitrogens with zero attached hydrogens (tertiary/aromatic N) is 1. The summed E-state index contributed by atoms with van der Waals surface area (Å²) >= 11 is 0. The van der Waals surface area contributed by atoms with Crippen LogP contribution in [-0.4, -0.2) is 59.2 Å². The zero-order chi connectivity index (χ0) is 13.0. The maximum Gasteiger partial charge on any atom is 0.410 e. The minimum absolute atomic E-state index is 0.0227. The summed E-state index contributed by atoms with van der Waals surface area (Å²) < 4.78 is 5.10. The molecule has 1 amide bonds. The van der Waals surface area contributed by atoms with Gasteiger partial charge in [0.15, 0.2) is 0 Å². The standard InChI is InChI=1S/C10H22N2O4/c1-9(2,3)16-8(15)12(4)5-10(11,6-13)7-14/h13-14H,5-7,11H2,1-4H3. The van der Waals surface area contributed by atoms with Crippen molar-refractivity contribution in [2.75, 3.05) is 26.8 Å². The molecule has 0 saturated carbocycles. The third kappa shape index (κ3) is 5.29. The first-order valence-corrected chi connectivity index (χ1v) is 5.08. The van der Waals surface area contributed by atoms with Gasteiger partial charge in [-0.3, -0.25) is 0 Å². The van der Waals surface area contributed by atoms with Crippen molar-refractivity contribution in [3.05, 3.63) is 0 Å². The molecule has 0 rings (SSSR count). The van der Waals surface area contributed by atoms with Crippen molar-refractivity contribution in [3.63, 3.8) is 0 Å². The highest BCUT2D eigenvalue weighted by Gasteiger charge is 2.29. The lowest BCUT2D eigenvalue weighted by Gasteiger charge is -2.31. The summed E-state index contributed by atoms with van der Waals surface area (Å²) in [5.41, 5.74) is 3.86. The van der Waals surface area contributed by atoms with Gasteiger partial charge in [0, 0.05) is 13.6 Å². The number of carbonyl (C=O) groups excluding carboxylic acids is 1. The quantitative estimate of drug-likeness (QED) is 0.611. The van der Waals surface area contributed by atoms with Crippen molar-refractivity contribution in [1.82, 2.24) is 4.90 Å². The van der Waals surface area contributed by atoms with E-state index in [1.807, 2.05) is 0 Å². The number of ether oxygens (including phenoxy) is 1. The Labute approximate surface area is 96.0 Å². The zero-order valence-electron chi connectivity index (χ0n) is 10.4. The molecule has 0 radical (unpaired) electrons. The Morgan fingerprint density at radius 2 is 1.75 bits per heavy atom. The van der Waals surface area contributed by atoms with E-state index < -0.39 is 30.4 Å². The van der Waals surface area contributed by atoms with Crippen LogP contribution in [-0.2, 0) is 4.74 Å². The van der Waals surface area contributed by atoms with Gasteiger partial charge < -0.3 is 25.6 Å². The Hall–Kier alpha value is -0.850. The highest BCUT2D eigenvalue weighted by atomic mass is 16.6. The van der Waals surface area contributed by atoms with Crippen LogP contribution < -0.4 is 5.73 Å². The van der Waals surface area contributed by atoms with Crippen LogP contribution in [0.5, 0.6) is 0 Å². The Bertz CT molecular complexity index is 233. The summed E-state index contributed by atoms with van der Waals surface area (Å²) in [7, 11) is 1.50. The summed E-state index contributed by atoms with van der Waals surface area (Å²) in [6.07, 6.45) is -0.538. The zero-order valence-corrected chi connectivity index (χ0v) is 10.4. The minimum atomic E-state index is -1.20. The van der Waals surface area contributed by atoms with Crippen LogP contribution >= 0.6 is 0 Å². The summed E-state index contributed by atoms with van der Waals surface area (Å²) in [5, 5.41) is 18.0. The van der Waals surface area contributed by atoms with Gasteiger partial charge in [-0.15, -0.1) is 0 Å². The lowest BCUT2D eigenvalue weighted by Crippen LogP contribution is -2.56. The lowest BCUT2D eigenvalue weighted by atomic mass is 10.0. The number of rotatable bonds is 4. The molecule has 0 aromatic carbocycles. The van der Waals surface area contributed by atoms with Crippen molar-refractivity contribution in [2.24, 2.45) is 5.73 Å². The Kier molecular flexibility index (Phi) is 5.18. The number of nitrogens with two attached hydrogens (primary N) is 1. The number of likely N-dealkylation sites (N-methyl/N-ethyl adjacent to an activating group) is 1. The van der Waals surface area contributed by atoms with E-state index in [1.165, 1.54) is 11.9 Å². The first-order valence-electron chi connectivity index (χ1n) is 5.08. The van der Waals surface area contributed by atoms with Crippen LogP contribution in [0, 0.1) is 0 Å². The van der Waals surface area contributed by atoms with E-state index >= 15 is 0 Å². The van der Waals surface area contributed by atoms with Crippen molar-refractivity contribution in [1.29, 1.82) is 0 Å². The summed E-state index contributed by atoms with van der Waals surface area (Å²) in [6.45, 7) is 4.48. The van der Waals surface area contributed by atoms with Gasteiger partial charge in [-0.05, 0) is 20.8 Å². The SMILES string of the molecule is CN(CC(N)(CO)CO)C(=O)OC(C)(C)C. The van der Waals surface area contributed by atoms with E-state index in [9.17, 15) is 4.79 Å². The molecular weight excluding hydrogens is 212 g/mol. The third-order valence-corrected chi connectivity index (χ3v) is 1.89. The minimum Gasteiger partial charge on any atom is -0.444 e. The molecule has 16 heavy (non-hydrogen) atoms. The number of amides is 1. The highest BCUT2D eigenvalue weighted by molar-refractivity contribution is 5.67. The number of carbonyl (C=O) groups is 1. The molecule has 4 N–H and O–H groups in total. The number of aliphatic hydroxyl groups excluding tert-OH is 2. The molecular formula is C10H22N2O4. The lowest BCUT2D eigenvalue weighted by molar-refractivity contribution is 0.0190. The molecule has 0 atom stereocenters. The fourth-order valence-electron chi connectivity index (χ4n) is 1.03. The maximum absolute atomic E-state index is 11.6. The molecule has 0 spiro atoms. The van der Waals surface area contributed by atoms with Crippen molar-refractivity contribution >= 4 is 6.09 Å². The van der Waals surface area contributed by atoms with Crippen molar-refractivity contribution in [2.45, 2.75) is 31.9 Å². The van der Waals surface area contributed by atoms with E-state index in [0.717, 1.165) is 0 Å². The van der Waals surface area contributed by atoms with Crippen LogP contribution in [0.25, 0.3) is 0 Å². The number of aliphatic hydroxyl groups is 2. The highest BCUT2D eigenvalue weighted by Crippen LogP contribution is 2.10. The molecule has 0 aliphatic carbocycles. The molecule has 0 fully saturated rings. The Morgan fingerprint density at radius 1 is 1.31 bits per heavy atom. The molecule has 6 heteroatoms. The molecule has 0 aromatic heterocycles. The van der Waals surface area contributed by atoms with Gasteiger partial charge in [-0.1, -0.05) is 0 Å².